The molecule has 8 nitrogen and oxygen atoms in total. The van der Waals surface area contributed by atoms with E-state index in [9.17, 15) is 9.59 Å². The minimum Gasteiger partial charge on any atom is -0.481 e. The molecule has 1 N–H and O–H groups in total. The maximum atomic E-state index is 12.9. The molecule has 0 aliphatic carbocycles. The number of esters is 1. The van der Waals surface area contributed by atoms with E-state index in [1.54, 1.807) is 43.8 Å². The fourth-order valence-electron chi connectivity index (χ4n) is 3.26. The van der Waals surface area contributed by atoms with Gasteiger partial charge in [-0.05, 0) is 56.0 Å². The summed E-state index contributed by atoms with van der Waals surface area (Å²) in [6.45, 7) is 2.83. The summed E-state index contributed by atoms with van der Waals surface area (Å²) in [6, 6.07) is 11.9. The number of hydrogen-bond acceptors (Lipinski definition) is 7. The van der Waals surface area contributed by atoms with E-state index in [4.69, 9.17) is 21.1 Å². The first-order valence-electron chi connectivity index (χ1n) is 10.7. The van der Waals surface area contributed by atoms with Crippen molar-refractivity contribution in [2.24, 2.45) is 0 Å². The van der Waals surface area contributed by atoms with E-state index in [0.29, 0.717) is 29.8 Å². The highest BCUT2D eigenvalue weighted by Gasteiger charge is 2.17. The molecule has 0 saturated heterocycles. The quantitative estimate of drug-likeness (QED) is 0.329. The normalized spacial score (nSPS) is 11.6. The molecule has 0 spiro atoms. The monoisotopic (exact) mass is 470 g/mol. The Bertz CT molecular complexity index is 1120. The van der Waals surface area contributed by atoms with Crippen LogP contribution in [0, 0.1) is 0 Å². The summed E-state index contributed by atoms with van der Waals surface area (Å²) in [7, 11) is 1.55. The summed E-state index contributed by atoms with van der Waals surface area (Å²) < 4.78 is 11.9. The Hall–Kier alpha value is -3.39. The zero-order valence-electron chi connectivity index (χ0n) is 18.7. The van der Waals surface area contributed by atoms with Gasteiger partial charge in [0.2, 0.25) is 11.8 Å². The molecular formula is C24H27ClN4O4. The summed E-state index contributed by atoms with van der Waals surface area (Å²) in [5.41, 5.74) is 0.558. The number of rotatable bonds is 11. The fourth-order valence-corrected chi connectivity index (χ4v) is 3.39. The maximum absolute atomic E-state index is 12.9. The number of aromatic nitrogens is 3. The van der Waals surface area contributed by atoms with Crippen LogP contribution < -0.4 is 15.6 Å². The standard InChI is InChI=1S/C24H27ClN4O4/c1-17(18-8-10-19(25)11-9-18)29-15-6-7-20(22(29)30)23(31)33-16-5-3-4-13-26-24-27-14-12-21(28-24)32-2/h6-12,14-15,17H,3-5,13,16H2,1-2H3,(H,26,27,28). The van der Waals surface area contributed by atoms with Crippen LogP contribution >= 0.6 is 11.6 Å². The predicted molar refractivity (Wildman–Crippen MR) is 127 cm³/mol. The Morgan fingerprint density at radius 3 is 2.70 bits per heavy atom. The minimum atomic E-state index is -0.611. The van der Waals surface area contributed by atoms with Gasteiger partial charge in [0.25, 0.3) is 5.56 Å². The molecule has 0 radical (unpaired) electrons. The zero-order chi connectivity index (χ0) is 23.6. The lowest BCUT2D eigenvalue weighted by molar-refractivity contribution is 0.0495. The Labute approximate surface area is 197 Å². The average Bonchev–Trinajstić information content (AvgIpc) is 2.83. The van der Waals surface area contributed by atoms with Gasteiger partial charge in [-0.15, -0.1) is 0 Å². The lowest BCUT2D eigenvalue weighted by Gasteiger charge is -2.16. The van der Waals surface area contributed by atoms with Gasteiger partial charge in [-0.1, -0.05) is 23.7 Å². The number of carbonyl (C=O) groups is 1. The van der Waals surface area contributed by atoms with Crippen molar-refractivity contribution >= 4 is 23.5 Å². The van der Waals surface area contributed by atoms with Gasteiger partial charge in [0.15, 0.2) is 0 Å². The van der Waals surface area contributed by atoms with Crippen LogP contribution in [-0.4, -0.2) is 40.8 Å². The minimum absolute atomic E-state index is 0.0233. The number of carbonyl (C=O) groups excluding carboxylic acids is 1. The highest BCUT2D eigenvalue weighted by molar-refractivity contribution is 6.30. The number of nitrogens with zero attached hydrogens (tertiary/aromatic N) is 3. The van der Waals surface area contributed by atoms with Gasteiger partial charge in [-0.3, -0.25) is 4.79 Å². The van der Waals surface area contributed by atoms with Crippen molar-refractivity contribution in [1.82, 2.24) is 14.5 Å². The highest BCUT2D eigenvalue weighted by Crippen LogP contribution is 2.19. The number of ether oxygens (including phenoxy) is 2. The number of anilines is 1. The highest BCUT2D eigenvalue weighted by atomic mass is 35.5. The third-order valence-electron chi connectivity index (χ3n) is 5.14. The third-order valence-corrected chi connectivity index (χ3v) is 5.39. The summed E-state index contributed by atoms with van der Waals surface area (Å²) in [5, 5.41) is 3.75. The number of methoxy groups -OCH3 is 1. The van der Waals surface area contributed by atoms with Gasteiger partial charge in [0, 0.05) is 30.0 Å². The molecule has 0 amide bonds. The van der Waals surface area contributed by atoms with Gasteiger partial charge >= 0.3 is 5.97 Å². The molecule has 1 unspecified atom stereocenters. The van der Waals surface area contributed by atoms with Crippen LogP contribution in [0.5, 0.6) is 5.88 Å². The van der Waals surface area contributed by atoms with Crippen LogP contribution in [0.2, 0.25) is 5.02 Å². The lowest BCUT2D eigenvalue weighted by atomic mass is 10.1. The number of halogens is 1. The van der Waals surface area contributed by atoms with Crippen molar-refractivity contribution in [2.45, 2.75) is 32.2 Å². The molecule has 0 bridgehead atoms. The summed E-state index contributed by atoms with van der Waals surface area (Å²) in [6.07, 6.45) is 5.68. The predicted octanol–water partition coefficient (Wildman–Crippen LogP) is 4.35. The lowest BCUT2D eigenvalue weighted by Crippen LogP contribution is -2.29. The molecule has 0 saturated carbocycles. The van der Waals surface area contributed by atoms with E-state index in [1.165, 1.54) is 10.6 Å². The Kier molecular flexibility index (Phi) is 8.83. The zero-order valence-corrected chi connectivity index (χ0v) is 19.4. The van der Waals surface area contributed by atoms with E-state index in [-0.39, 0.29) is 23.8 Å². The molecule has 0 aliphatic rings. The van der Waals surface area contributed by atoms with Crippen molar-refractivity contribution in [3.8, 4) is 5.88 Å². The van der Waals surface area contributed by atoms with Crippen molar-refractivity contribution in [1.29, 1.82) is 0 Å². The molecule has 9 heteroatoms. The fraction of sp³-hybridized carbons (Fsp3) is 0.333. The molecule has 2 aromatic heterocycles. The Morgan fingerprint density at radius 2 is 1.94 bits per heavy atom. The Morgan fingerprint density at radius 1 is 1.15 bits per heavy atom. The van der Waals surface area contributed by atoms with Gasteiger partial charge in [0.1, 0.15) is 5.56 Å². The van der Waals surface area contributed by atoms with Crippen LogP contribution in [0.15, 0.2) is 59.7 Å². The molecule has 174 valence electrons. The van der Waals surface area contributed by atoms with Crippen LogP contribution in [0.3, 0.4) is 0 Å². The molecular weight excluding hydrogens is 444 g/mol. The molecule has 33 heavy (non-hydrogen) atoms. The average molecular weight is 471 g/mol. The van der Waals surface area contributed by atoms with Crippen molar-refractivity contribution < 1.29 is 14.3 Å². The number of nitrogens with one attached hydrogen (secondary N) is 1. The third kappa shape index (κ3) is 6.79. The van der Waals surface area contributed by atoms with Crippen LogP contribution in [0.4, 0.5) is 5.95 Å². The smallest absolute Gasteiger partial charge is 0.343 e. The van der Waals surface area contributed by atoms with Gasteiger partial charge < -0.3 is 19.4 Å². The topological polar surface area (TPSA) is 95.3 Å². The van der Waals surface area contributed by atoms with E-state index in [0.717, 1.165) is 18.4 Å². The molecule has 1 aromatic carbocycles. The van der Waals surface area contributed by atoms with Gasteiger partial charge in [-0.2, -0.15) is 4.98 Å². The number of pyridine rings is 1. The van der Waals surface area contributed by atoms with Crippen molar-refractivity contribution in [3.63, 3.8) is 0 Å². The first-order valence-corrected chi connectivity index (χ1v) is 11.1. The maximum Gasteiger partial charge on any atom is 0.343 e. The summed E-state index contributed by atoms with van der Waals surface area (Å²) in [5.74, 6) is 0.400. The number of benzene rings is 1. The van der Waals surface area contributed by atoms with Crippen LogP contribution in [-0.2, 0) is 4.74 Å². The molecule has 3 rings (SSSR count). The molecule has 0 aliphatic heterocycles. The van der Waals surface area contributed by atoms with E-state index < -0.39 is 5.97 Å². The van der Waals surface area contributed by atoms with Crippen molar-refractivity contribution in [3.05, 3.63) is 81.4 Å². The largest absolute Gasteiger partial charge is 0.481 e. The van der Waals surface area contributed by atoms with Crippen LogP contribution in [0.25, 0.3) is 0 Å². The van der Waals surface area contributed by atoms with Crippen LogP contribution in [0.1, 0.15) is 48.1 Å². The number of hydrogen-bond donors (Lipinski definition) is 1. The van der Waals surface area contributed by atoms with Crippen molar-refractivity contribution in [2.75, 3.05) is 25.6 Å². The number of unbranched alkanes of at least 4 members (excludes halogenated alkanes) is 2. The summed E-state index contributed by atoms with van der Waals surface area (Å²) in [4.78, 5) is 33.6. The second-order valence-corrected chi connectivity index (χ2v) is 7.84. The Balaban J connectivity index is 1.45. The SMILES string of the molecule is COc1ccnc(NCCCCCOC(=O)c2cccn(C(C)c3ccc(Cl)cc3)c2=O)n1. The van der Waals surface area contributed by atoms with Gasteiger partial charge in [-0.25, -0.2) is 9.78 Å². The second kappa shape index (κ2) is 12.0. The molecule has 3 aromatic rings. The second-order valence-electron chi connectivity index (χ2n) is 7.41. The first-order chi connectivity index (χ1) is 16.0. The van der Waals surface area contributed by atoms with E-state index in [2.05, 4.69) is 15.3 Å². The molecule has 2 heterocycles. The molecule has 0 fully saturated rings. The van der Waals surface area contributed by atoms with E-state index in [1.807, 2.05) is 19.1 Å². The first kappa shape index (κ1) is 24.3. The molecule has 1 atom stereocenters. The van der Waals surface area contributed by atoms with E-state index >= 15 is 0 Å². The van der Waals surface area contributed by atoms with Gasteiger partial charge in [0.05, 0.1) is 19.8 Å². The summed E-state index contributed by atoms with van der Waals surface area (Å²) >= 11 is 5.94.